The molecule has 1 aliphatic heterocycles. The van der Waals surface area contributed by atoms with Crippen molar-refractivity contribution in [2.24, 2.45) is 0 Å². The zero-order valence-corrected chi connectivity index (χ0v) is 12.8. The van der Waals surface area contributed by atoms with E-state index in [-0.39, 0.29) is 5.82 Å². The molecule has 1 aromatic rings. The van der Waals surface area contributed by atoms with Gasteiger partial charge >= 0.3 is 0 Å². The number of nitrogens with zero attached hydrogens (tertiary/aromatic N) is 2. The lowest BCUT2D eigenvalue weighted by Crippen LogP contribution is -2.42. The fourth-order valence-electron chi connectivity index (χ4n) is 2.92. The summed E-state index contributed by atoms with van der Waals surface area (Å²) in [5.41, 5.74) is 1.86. The van der Waals surface area contributed by atoms with E-state index in [0.717, 1.165) is 50.3 Å². The van der Waals surface area contributed by atoms with Gasteiger partial charge in [0.05, 0.1) is 5.69 Å². The van der Waals surface area contributed by atoms with Crippen LogP contribution in [0.1, 0.15) is 25.3 Å². The summed E-state index contributed by atoms with van der Waals surface area (Å²) in [7, 11) is 4.25. The highest BCUT2D eigenvalue weighted by Gasteiger charge is 2.23. The van der Waals surface area contributed by atoms with E-state index in [1.165, 1.54) is 0 Å². The Labute approximate surface area is 121 Å². The summed E-state index contributed by atoms with van der Waals surface area (Å²) in [4.78, 5) is 4.49. The number of para-hydroxylation sites is 1. The molecule has 1 aromatic carbocycles. The van der Waals surface area contributed by atoms with Gasteiger partial charge in [-0.2, -0.15) is 0 Å². The van der Waals surface area contributed by atoms with Crippen LogP contribution in [0.2, 0.25) is 0 Å². The second-order valence-corrected chi connectivity index (χ2v) is 5.71. The number of anilines is 1. The average Bonchev–Trinajstić information content (AvgIpc) is 2.45. The van der Waals surface area contributed by atoms with Crippen LogP contribution in [-0.4, -0.2) is 44.7 Å². The highest BCUT2D eigenvalue weighted by molar-refractivity contribution is 5.55. The Morgan fingerprint density at radius 2 is 2.00 bits per heavy atom. The number of rotatable bonds is 5. The van der Waals surface area contributed by atoms with Crippen molar-refractivity contribution in [3.8, 4) is 0 Å². The molecule has 0 atom stereocenters. The monoisotopic (exact) mass is 279 g/mol. The van der Waals surface area contributed by atoms with Gasteiger partial charge in [-0.3, -0.25) is 0 Å². The third-order valence-electron chi connectivity index (χ3n) is 4.15. The van der Waals surface area contributed by atoms with Crippen molar-refractivity contribution in [3.05, 3.63) is 29.6 Å². The van der Waals surface area contributed by atoms with Gasteiger partial charge in [-0.25, -0.2) is 4.39 Å². The standard InChI is InChI=1S/C16H26FN3/c1-4-18-12-13-6-5-7-15(17)16(13)20-10-8-14(9-11-20)19(2)3/h5-7,14,18H,4,8-12H2,1-3H3. The van der Waals surface area contributed by atoms with Crippen LogP contribution in [0.5, 0.6) is 0 Å². The maximum atomic E-state index is 14.2. The third-order valence-corrected chi connectivity index (χ3v) is 4.15. The zero-order chi connectivity index (χ0) is 14.5. The van der Waals surface area contributed by atoms with Crippen LogP contribution in [0.15, 0.2) is 18.2 Å². The average molecular weight is 279 g/mol. The van der Waals surface area contributed by atoms with Gasteiger partial charge in [0.25, 0.3) is 0 Å². The number of nitrogens with one attached hydrogen (secondary N) is 1. The van der Waals surface area contributed by atoms with Crippen molar-refractivity contribution in [1.82, 2.24) is 10.2 Å². The molecular weight excluding hydrogens is 253 g/mol. The second-order valence-electron chi connectivity index (χ2n) is 5.71. The van der Waals surface area contributed by atoms with Gasteiger partial charge in [-0.05, 0) is 45.1 Å². The fourth-order valence-corrected chi connectivity index (χ4v) is 2.92. The van der Waals surface area contributed by atoms with Crippen LogP contribution in [0.4, 0.5) is 10.1 Å². The number of hydrogen-bond donors (Lipinski definition) is 1. The van der Waals surface area contributed by atoms with Crippen molar-refractivity contribution < 1.29 is 4.39 Å². The molecule has 0 unspecified atom stereocenters. The first-order valence-electron chi connectivity index (χ1n) is 7.53. The summed E-state index contributed by atoms with van der Waals surface area (Å²) in [6.07, 6.45) is 2.20. The lowest BCUT2D eigenvalue weighted by Gasteiger charge is -2.37. The summed E-state index contributed by atoms with van der Waals surface area (Å²) >= 11 is 0. The number of halogens is 1. The number of hydrogen-bond acceptors (Lipinski definition) is 3. The van der Waals surface area contributed by atoms with E-state index in [4.69, 9.17) is 0 Å². The molecule has 1 aliphatic rings. The molecule has 2 rings (SSSR count). The minimum absolute atomic E-state index is 0.0938. The van der Waals surface area contributed by atoms with E-state index < -0.39 is 0 Å². The normalized spacial score (nSPS) is 16.9. The molecule has 0 amide bonds. The first kappa shape index (κ1) is 15.3. The van der Waals surface area contributed by atoms with Crippen LogP contribution in [0.3, 0.4) is 0 Å². The summed E-state index contributed by atoms with van der Waals surface area (Å²) in [5.74, 6) is -0.0938. The molecule has 1 heterocycles. The maximum absolute atomic E-state index is 14.2. The van der Waals surface area contributed by atoms with Crippen molar-refractivity contribution in [2.45, 2.75) is 32.4 Å². The Bertz CT molecular complexity index is 426. The maximum Gasteiger partial charge on any atom is 0.146 e. The van der Waals surface area contributed by atoms with Gasteiger partial charge in [0, 0.05) is 25.7 Å². The molecule has 0 bridgehead atoms. The van der Waals surface area contributed by atoms with E-state index in [1.807, 2.05) is 6.07 Å². The van der Waals surface area contributed by atoms with Gasteiger partial charge in [-0.15, -0.1) is 0 Å². The smallest absolute Gasteiger partial charge is 0.146 e. The first-order chi connectivity index (χ1) is 9.63. The Kier molecular flexibility index (Phi) is 5.38. The summed E-state index contributed by atoms with van der Waals surface area (Å²) in [6, 6.07) is 6.02. The van der Waals surface area contributed by atoms with E-state index in [0.29, 0.717) is 6.04 Å². The largest absolute Gasteiger partial charge is 0.369 e. The molecule has 3 nitrogen and oxygen atoms in total. The summed E-state index contributed by atoms with van der Waals surface area (Å²) in [6.45, 7) is 5.57. The van der Waals surface area contributed by atoms with Gasteiger partial charge < -0.3 is 15.1 Å². The van der Waals surface area contributed by atoms with Crippen LogP contribution < -0.4 is 10.2 Å². The predicted octanol–water partition coefficient (Wildman–Crippen LogP) is 2.47. The Hall–Kier alpha value is -1.13. The van der Waals surface area contributed by atoms with Gasteiger partial charge in [0.2, 0.25) is 0 Å². The Balaban J connectivity index is 2.12. The molecule has 1 fully saturated rings. The van der Waals surface area contributed by atoms with E-state index in [1.54, 1.807) is 12.1 Å². The minimum atomic E-state index is -0.0938. The van der Waals surface area contributed by atoms with Crippen LogP contribution in [-0.2, 0) is 6.54 Å². The predicted molar refractivity (Wildman–Crippen MR) is 82.7 cm³/mol. The molecule has 112 valence electrons. The lowest BCUT2D eigenvalue weighted by atomic mass is 10.0. The highest BCUT2D eigenvalue weighted by Crippen LogP contribution is 2.28. The molecular formula is C16H26FN3. The van der Waals surface area contributed by atoms with Crippen LogP contribution in [0, 0.1) is 5.82 Å². The SMILES string of the molecule is CCNCc1cccc(F)c1N1CCC(N(C)C)CC1. The molecule has 4 heteroatoms. The van der Waals surface area contributed by atoms with Crippen LogP contribution >= 0.6 is 0 Å². The number of benzene rings is 1. The topological polar surface area (TPSA) is 18.5 Å². The third kappa shape index (κ3) is 3.49. The Morgan fingerprint density at radius 1 is 1.30 bits per heavy atom. The van der Waals surface area contributed by atoms with E-state index in [2.05, 4.69) is 36.1 Å². The van der Waals surface area contributed by atoms with Crippen molar-refractivity contribution in [2.75, 3.05) is 38.6 Å². The molecule has 0 aromatic heterocycles. The molecule has 1 saturated heterocycles. The molecule has 0 spiro atoms. The minimum Gasteiger partial charge on any atom is -0.369 e. The van der Waals surface area contributed by atoms with Gasteiger partial charge in [0.1, 0.15) is 5.82 Å². The molecule has 20 heavy (non-hydrogen) atoms. The van der Waals surface area contributed by atoms with Crippen molar-refractivity contribution >= 4 is 5.69 Å². The quantitative estimate of drug-likeness (QED) is 0.893. The molecule has 1 N–H and O–H groups in total. The van der Waals surface area contributed by atoms with E-state index >= 15 is 0 Å². The fraction of sp³-hybridized carbons (Fsp3) is 0.625. The lowest BCUT2D eigenvalue weighted by molar-refractivity contribution is 0.249. The molecule has 0 radical (unpaired) electrons. The molecule has 0 saturated carbocycles. The molecule has 0 aliphatic carbocycles. The van der Waals surface area contributed by atoms with Crippen molar-refractivity contribution in [1.29, 1.82) is 0 Å². The second kappa shape index (κ2) is 7.04. The van der Waals surface area contributed by atoms with Gasteiger partial charge in [-0.1, -0.05) is 19.1 Å². The van der Waals surface area contributed by atoms with Crippen LogP contribution in [0.25, 0.3) is 0 Å². The van der Waals surface area contributed by atoms with Gasteiger partial charge in [0.15, 0.2) is 0 Å². The Morgan fingerprint density at radius 3 is 2.60 bits per heavy atom. The highest BCUT2D eigenvalue weighted by atomic mass is 19.1. The van der Waals surface area contributed by atoms with Crippen molar-refractivity contribution in [3.63, 3.8) is 0 Å². The summed E-state index contributed by atoms with van der Waals surface area (Å²) in [5, 5.41) is 3.30. The zero-order valence-electron chi connectivity index (χ0n) is 12.8. The number of piperidine rings is 1. The summed E-state index contributed by atoms with van der Waals surface area (Å²) < 4.78 is 14.2. The van der Waals surface area contributed by atoms with E-state index in [9.17, 15) is 4.39 Å². The first-order valence-corrected chi connectivity index (χ1v) is 7.53.